The Bertz CT molecular complexity index is 243. The summed E-state index contributed by atoms with van der Waals surface area (Å²) in [6.07, 6.45) is 6.31. The van der Waals surface area contributed by atoms with Gasteiger partial charge in [0.05, 0.1) is 12.0 Å². The van der Waals surface area contributed by atoms with E-state index in [2.05, 4.69) is 0 Å². The Morgan fingerprint density at radius 1 is 1.19 bits per heavy atom. The summed E-state index contributed by atoms with van der Waals surface area (Å²) < 4.78 is 5.20. The maximum absolute atomic E-state index is 11.9. The van der Waals surface area contributed by atoms with Gasteiger partial charge in [0.2, 0.25) is 0 Å². The molecule has 3 rings (SSSR count). The van der Waals surface area contributed by atoms with E-state index in [1.54, 1.807) is 0 Å². The summed E-state index contributed by atoms with van der Waals surface area (Å²) in [6, 6.07) is 0. The summed E-state index contributed by atoms with van der Waals surface area (Å²) in [4.78, 5) is 11.9. The van der Waals surface area contributed by atoms with Gasteiger partial charge in [0, 0.05) is 0 Å². The number of ether oxygens (including phenoxy) is 1. The summed E-state index contributed by atoms with van der Waals surface area (Å²) in [7, 11) is 0. The van der Waals surface area contributed by atoms with Gasteiger partial charge in [-0.15, -0.1) is 12.4 Å². The van der Waals surface area contributed by atoms with Crippen molar-refractivity contribution >= 4 is 18.4 Å². The largest absolute Gasteiger partial charge is 0.466 e. The molecule has 0 aromatic rings. The topological polar surface area (TPSA) is 52.3 Å². The highest BCUT2D eigenvalue weighted by atomic mass is 35.5. The third-order valence-corrected chi connectivity index (χ3v) is 4.54. The van der Waals surface area contributed by atoms with Crippen molar-refractivity contribution in [1.29, 1.82) is 0 Å². The van der Waals surface area contributed by atoms with Gasteiger partial charge in [-0.2, -0.15) is 0 Å². The van der Waals surface area contributed by atoms with Gasteiger partial charge in [-0.05, 0) is 57.4 Å². The van der Waals surface area contributed by atoms with Crippen molar-refractivity contribution in [3.63, 3.8) is 0 Å². The third-order valence-electron chi connectivity index (χ3n) is 4.54. The number of carbonyl (C=O) groups excluding carboxylic acids is 1. The second-order valence-corrected chi connectivity index (χ2v) is 5.20. The zero-order valence-corrected chi connectivity index (χ0v) is 10.8. The molecule has 2 bridgehead atoms. The molecule has 4 heteroatoms. The van der Waals surface area contributed by atoms with E-state index >= 15 is 0 Å². The molecule has 0 spiro atoms. The lowest BCUT2D eigenvalue weighted by molar-refractivity contribution is -0.165. The smallest absolute Gasteiger partial charge is 0.312 e. The molecule has 3 nitrogen and oxygen atoms in total. The minimum absolute atomic E-state index is 0. The van der Waals surface area contributed by atoms with E-state index in [-0.39, 0.29) is 23.8 Å². The van der Waals surface area contributed by atoms with Crippen molar-refractivity contribution in [3.8, 4) is 0 Å². The van der Waals surface area contributed by atoms with E-state index in [4.69, 9.17) is 10.5 Å². The Balaban J connectivity index is 0.00000128. The van der Waals surface area contributed by atoms with Crippen molar-refractivity contribution < 1.29 is 9.53 Å². The highest BCUT2D eigenvalue weighted by Gasteiger charge is 2.52. The van der Waals surface area contributed by atoms with Crippen LogP contribution < -0.4 is 5.73 Å². The molecular formula is C12H22ClNO2. The van der Waals surface area contributed by atoms with Gasteiger partial charge in [-0.3, -0.25) is 4.79 Å². The van der Waals surface area contributed by atoms with Crippen molar-refractivity contribution in [3.05, 3.63) is 0 Å². The Labute approximate surface area is 104 Å². The summed E-state index contributed by atoms with van der Waals surface area (Å²) in [6.45, 7) is 3.17. The van der Waals surface area contributed by atoms with E-state index < -0.39 is 0 Å². The standard InChI is InChI=1S/C12H21NO2.ClH/c1-2-15-10(14)12-6-3-11(9-13,4-7-12)5-8-12;/h2-9,13H2,1H3;1H. The molecule has 0 unspecified atom stereocenters. The number of nitrogens with two attached hydrogens (primary N) is 1. The fourth-order valence-electron chi connectivity index (χ4n) is 3.16. The fraction of sp³-hybridized carbons (Fsp3) is 0.917. The van der Waals surface area contributed by atoms with E-state index in [9.17, 15) is 4.79 Å². The average Bonchev–Trinajstić information content (AvgIpc) is 2.32. The van der Waals surface area contributed by atoms with Crippen LogP contribution in [-0.4, -0.2) is 19.1 Å². The van der Waals surface area contributed by atoms with Crippen molar-refractivity contribution in [1.82, 2.24) is 0 Å². The molecule has 3 aliphatic rings. The Hall–Kier alpha value is -0.280. The van der Waals surface area contributed by atoms with Gasteiger partial charge in [0.15, 0.2) is 0 Å². The maximum atomic E-state index is 11.9. The lowest BCUT2D eigenvalue weighted by Crippen LogP contribution is -2.49. The highest BCUT2D eigenvalue weighted by Crippen LogP contribution is 2.56. The molecule has 2 N–H and O–H groups in total. The summed E-state index contributed by atoms with van der Waals surface area (Å²) in [5.74, 6) is 0.0373. The van der Waals surface area contributed by atoms with E-state index in [0.29, 0.717) is 12.0 Å². The van der Waals surface area contributed by atoms with Crippen LogP contribution in [0.4, 0.5) is 0 Å². The van der Waals surface area contributed by atoms with Crippen LogP contribution in [0.3, 0.4) is 0 Å². The summed E-state index contributed by atoms with van der Waals surface area (Å²) >= 11 is 0. The first kappa shape index (κ1) is 13.8. The maximum Gasteiger partial charge on any atom is 0.312 e. The van der Waals surface area contributed by atoms with Gasteiger partial charge >= 0.3 is 5.97 Å². The predicted octanol–water partition coefficient (Wildman–Crippen LogP) is 2.27. The highest BCUT2D eigenvalue weighted by molar-refractivity contribution is 5.85. The first-order valence-electron chi connectivity index (χ1n) is 6.04. The Kier molecular flexibility index (Phi) is 4.24. The van der Waals surface area contributed by atoms with Gasteiger partial charge in [-0.1, -0.05) is 0 Å². The SMILES string of the molecule is CCOC(=O)C12CCC(CN)(CC1)CC2.Cl. The second-order valence-electron chi connectivity index (χ2n) is 5.20. The predicted molar refractivity (Wildman–Crippen MR) is 65.5 cm³/mol. The normalized spacial score (nSPS) is 36.6. The Morgan fingerprint density at radius 2 is 1.69 bits per heavy atom. The lowest BCUT2D eigenvalue weighted by atomic mass is 9.54. The lowest BCUT2D eigenvalue weighted by Gasteiger charge is -2.51. The molecule has 3 aliphatic carbocycles. The summed E-state index contributed by atoms with van der Waals surface area (Å²) in [5, 5.41) is 0. The molecule has 0 aromatic heterocycles. The molecular weight excluding hydrogens is 226 g/mol. The molecule has 3 fully saturated rings. The van der Waals surface area contributed by atoms with Crippen LogP contribution in [0.5, 0.6) is 0 Å². The molecule has 3 saturated carbocycles. The number of hydrogen-bond acceptors (Lipinski definition) is 3. The van der Waals surface area contributed by atoms with Crippen LogP contribution in [0.1, 0.15) is 45.4 Å². The van der Waals surface area contributed by atoms with Crippen LogP contribution in [0.15, 0.2) is 0 Å². The van der Waals surface area contributed by atoms with Crippen molar-refractivity contribution in [2.24, 2.45) is 16.6 Å². The van der Waals surface area contributed by atoms with Crippen LogP contribution in [0, 0.1) is 10.8 Å². The molecule has 0 amide bonds. The quantitative estimate of drug-likeness (QED) is 0.779. The minimum atomic E-state index is -0.146. The number of fused-ring (bicyclic) bond motifs is 3. The number of carbonyl (C=O) groups is 1. The number of rotatable bonds is 3. The van der Waals surface area contributed by atoms with Crippen molar-refractivity contribution in [2.75, 3.05) is 13.2 Å². The molecule has 0 aromatic carbocycles. The van der Waals surface area contributed by atoms with Gasteiger partial charge in [0.1, 0.15) is 0 Å². The molecule has 0 saturated heterocycles. The molecule has 0 radical (unpaired) electrons. The van der Waals surface area contributed by atoms with E-state index in [1.807, 2.05) is 6.92 Å². The monoisotopic (exact) mass is 247 g/mol. The molecule has 0 heterocycles. The molecule has 94 valence electrons. The average molecular weight is 248 g/mol. The molecule has 0 aliphatic heterocycles. The second kappa shape index (κ2) is 4.92. The molecule has 0 atom stereocenters. The van der Waals surface area contributed by atoms with Gasteiger partial charge < -0.3 is 10.5 Å². The van der Waals surface area contributed by atoms with Gasteiger partial charge in [0.25, 0.3) is 0 Å². The number of esters is 1. The van der Waals surface area contributed by atoms with E-state index in [0.717, 1.165) is 45.1 Å². The Morgan fingerprint density at radius 3 is 2.06 bits per heavy atom. The van der Waals surface area contributed by atoms with Crippen LogP contribution >= 0.6 is 12.4 Å². The van der Waals surface area contributed by atoms with Crippen LogP contribution in [0.25, 0.3) is 0 Å². The zero-order chi connectivity index (χ0) is 10.9. The third kappa shape index (κ3) is 2.07. The van der Waals surface area contributed by atoms with Crippen LogP contribution in [0.2, 0.25) is 0 Å². The van der Waals surface area contributed by atoms with E-state index in [1.165, 1.54) is 0 Å². The van der Waals surface area contributed by atoms with Crippen molar-refractivity contribution in [2.45, 2.75) is 45.4 Å². The minimum Gasteiger partial charge on any atom is -0.466 e. The first-order valence-corrected chi connectivity index (χ1v) is 6.04. The summed E-state index contributed by atoms with van der Waals surface area (Å²) in [5.41, 5.74) is 6.04. The fourth-order valence-corrected chi connectivity index (χ4v) is 3.16. The first-order chi connectivity index (χ1) is 7.16. The zero-order valence-electron chi connectivity index (χ0n) is 9.96. The number of hydrogen-bond donors (Lipinski definition) is 1. The van der Waals surface area contributed by atoms with Crippen LogP contribution in [-0.2, 0) is 9.53 Å². The number of halogens is 1. The van der Waals surface area contributed by atoms with Gasteiger partial charge in [-0.25, -0.2) is 0 Å². The molecule has 16 heavy (non-hydrogen) atoms.